The Morgan fingerprint density at radius 2 is 1.95 bits per heavy atom. The fraction of sp³-hybridized carbons (Fsp3) is 0.0625. The maximum atomic E-state index is 13.1. The highest BCUT2D eigenvalue weighted by Crippen LogP contribution is 2.15. The average Bonchev–Trinajstić information content (AvgIpc) is 3.00. The molecule has 0 bridgehead atoms. The summed E-state index contributed by atoms with van der Waals surface area (Å²) in [4.78, 5) is 0. The summed E-state index contributed by atoms with van der Waals surface area (Å²) >= 11 is 0. The molecule has 0 radical (unpaired) electrons. The van der Waals surface area contributed by atoms with Crippen LogP contribution in [-0.2, 0) is 6.54 Å². The third-order valence-electron chi connectivity index (χ3n) is 3.00. The lowest BCUT2D eigenvalue weighted by Crippen LogP contribution is -2.01. The molecule has 1 N–H and O–H groups in total. The molecule has 0 saturated carbocycles. The maximum Gasteiger partial charge on any atom is 0.123 e. The molecule has 0 amide bonds. The number of aromatic nitrogens is 2. The first-order valence-corrected chi connectivity index (χ1v) is 6.40. The van der Waals surface area contributed by atoms with Gasteiger partial charge in [-0.1, -0.05) is 18.2 Å². The lowest BCUT2D eigenvalue weighted by molar-refractivity contribution is 0.626. The number of nitrogens with zero attached hydrogens (tertiary/aromatic N) is 2. The molecule has 4 heteroatoms. The summed E-state index contributed by atoms with van der Waals surface area (Å²) < 4.78 is 14.9. The molecule has 0 fully saturated rings. The van der Waals surface area contributed by atoms with Crippen molar-refractivity contribution in [3.63, 3.8) is 0 Å². The highest BCUT2D eigenvalue weighted by atomic mass is 19.1. The molecule has 1 heterocycles. The third-order valence-corrected chi connectivity index (χ3v) is 3.00. The van der Waals surface area contributed by atoms with Crippen molar-refractivity contribution < 1.29 is 4.39 Å². The van der Waals surface area contributed by atoms with Gasteiger partial charge in [-0.2, -0.15) is 5.10 Å². The quantitative estimate of drug-likeness (QED) is 0.782. The molecule has 3 nitrogen and oxygen atoms in total. The zero-order valence-electron chi connectivity index (χ0n) is 10.8. The predicted octanol–water partition coefficient (Wildman–Crippen LogP) is 3.62. The Labute approximate surface area is 116 Å². The van der Waals surface area contributed by atoms with Crippen molar-refractivity contribution in [1.29, 1.82) is 0 Å². The minimum atomic E-state index is -0.213. The first-order valence-electron chi connectivity index (χ1n) is 6.40. The smallest absolute Gasteiger partial charge is 0.123 e. The second-order valence-corrected chi connectivity index (χ2v) is 4.48. The number of hydrogen-bond donors (Lipinski definition) is 1. The Morgan fingerprint density at radius 3 is 2.75 bits per heavy atom. The van der Waals surface area contributed by atoms with Gasteiger partial charge >= 0.3 is 0 Å². The van der Waals surface area contributed by atoms with Crippen molar-refractivity contribution in [3.05, 3.63) is 78.4 Å². The van der Waals surface area contributed by atoms with Crippen LogP contribution in [0.3, 0.4) is 0 Å². The van der Waals surface area contributed by atoms with E-state index in [1.807, 2.05) is 42.6 Å². The number of halogens is 1. The van der Waals surface area contributed by atoms with Crippen LogP contribution in [0.2, 0.25) is 0 Å². The van der Waals surface area contributed by atoms with E-state index in [1.165, 1.54) is 12.1 Å². The second-order valence-electron chi connectivity index (χ2n) is 4.48. The van der Waals surface area contributed by atoms with Gasteiger partial charge in [-0.05, 0) is 42.0 Å². The van der Waals surface area contributed by atoms with E-state index in [0.717, 1.165) is 16.9 Å². The van der Waals surface area contributed by atoms with Crippen molar-refractivity contribution >= 4 is 5.69 Å². The summed E-state index contributed by atoms with van der Waals surface area (Å²) in [6.07, 6.45) is 3.64. The Bertz CT molecular complexity index is 692. The molecule has 0 saturated heterocycles. The van der Waals surface area contributed by atoms with Crippen molar-refractivity contribution in [2.45, 2.75) is 6.54 Å². The summed E-state index contributed by atoms with van der Waals surface area (Å²) in [6, 6.07) is 16.4. The minimum absolute atomic E-state index is 0.213. The normalized spacial score (nSPS) is 10.4. The molecule has 100 valence electrons. The lowest BCUT2D eigenvalue weighted by atomic mass is 10.2. The van der Waals surface area contributed by atoms with Crippen molar-refractivity contribution in [2.75, 3.05) is 5.32 Å². The molecule has 0 spiro atoms. The van der Waals surface area contributed by atoms with Crippen LogP contribution in [0.4, 0.5) is 10.1 Å². The summed E-state index contributed by atoms with van der Waals surface area (Å²) in [7, 11) is 0. The van der Waals surface area contributed by atoms with Gasteiger partial charge in [0, 0.05) is 24.6 Å². The Balaban J connectivity index is 1.73. The molecule has 3 aromatic rings. The maximum absolute atomic E-state index is 13.1. The molecule has 3 rings (SSSR count). The molecular formula is C16H14FN3. The monoisotopic (exact) mass is 267 g/mol. The molecule has 0 unspecified atom stereocenters. The van der Waals surface area contributed by atoms with Gasteiger partial charge in [0.05, 0.1) is 5.69 Å². The average molecular weight is 267 g/mol. The van der Waals surface area contributed by atoms with E-state index in [0.29, 0.717) is 6.54 Å². The summed E-state index contributed by atoms with van der Waals surface area (Å²) in [6.45, 7) is 0.584. The molecule has 2 aromatic carbocycles. The number of hydrogen-bond acceptors (Lipinski definition) is 2. The van der Waals surface area contributed by atoms with Crippen LogP contribution < -0.4 is 5.32 Å². The summed E-state index contributed by atoms with van der Waals surface area (Å²) in [5.74, 6) is -0.213. The van der Waals surface area contributed by atoms with Gasteiger partial charge in [-0.25, -0.2) is 9.07 Å². The van der Waals surface area contributed by atoms with E-state index < -0.39 is 0 Å². The van der Waals surface area contributed by atoms with E-state index in [4.69, 9.17) is 0 Å². The second kappa shape index (κ2) is 5.57. The van der Waals surface area contributed by atoms with Gasteiger partial charge < -0.3 is 5.32 Å². The van der Waals surface area contributed by atoms with Crippen LogP contribution in [0, 0.1) is 5.82 Å². The highest BCUT2D eigenvalue weighted by molar-refractivity contribution is 5.51. The van der Waals surface area contributed by atoms with E-state index >= 15 is 0 Å². The molecular weight excluding hydrogens is 253 g/mol. The molecule has 0 aliphatic carbocycles. The highest BCUT2D eigenvalue weighted by Gasteiger charge is 1.99. The zero-order chi connectivity index (χ0) is 13.8. The standard InChI is InChI=1S/C16H14FN3/c17-14-5-1-4-13(10-14)12-18-15-6-2-7-16(11-15)20-9-3-8-19-20/h1-11,18H,12H2. The fourth-order valence-electron chi connectivity index (χ4n) is 2.03. The van der Waals surface area contributed by atoms with Crippen LogP contribution in [0.25, 0.3) is 5.69 Å². The lowest BCUT2D eigenvalue weighted by Gasteiger charge is -2.09. The number of nitrogens with one attached hydrogen (secondary N) is 1. The number of benzene rings is 2. The van der Waals surface area contributed by atoms with Gasteiger partial charge in [0.15, 0.2) is 0 Å². The van der Waals surface area contributed by atoms with Gasteiger partial charge in [-0.3, -0.25) is 0 Å². The van der Waals surface area contributed by atoms with Crippen molar-refractivity contribution in [3.8, 4) is 5.69 Å². The minimum Gasteiger partial charge on any atom is -0.381 e. The zero-order valence-corrected chi connectivity index (χ0v) is 10.8. The van der Waals surface area contributed by atoms with Crippen LogP contribution in [-0.4, -0.2) is 9.78 Å². The molecule has 0 atom stereocenters. The number of rotatable bonds is 4. The first kappa shape index (κ1) is 12.4. The van der Waals surface area contributed by atoms with Gasteiger partial charge in [0.2, 0.25) is 0 Å². The molecule has 0 aliphatic heterocycles. The number of anilines is 1. The van der Waals surface area contributed by atoms with Crippen LogP contribution in [0.15, 0.2) is 67.0 Å². The van der Waals surface area contributed by atoms with Crippen LogP contribution in [0.5, 0.6) is 0 Å². The van der Waals surface area contributed by atoms with Gasteiger partial charge in [0.1, 0.15) is 5.82 Å². The van der Waals surface area contributed by atoms with E-state index in [1.54, 1.807) is 16.9 Å². The van der Waals surface area contributed by atoms with Crippen molar-refractivity contribution in [2.24, 2.45) is 0 Å². The van der Waals surface area contributed by atoms with E-state index in [2.05, 4.69) is 10.4 Å². The molecule has 0 aliphatic rings. The largest absolute Gasteiger partial charge is 0.381 e. The fourth-order valence-corrected chi connectivity index (χ4v) is 2.03. The van der Waals surface area contributed by atoms with E-state index in [9.17, 15) is 4.39 Å². The van der Waals surface area contributed by atoms with Crippen molar-refractivity contribution in [1.82, 2.24) is 9.78 Å². The van der Waals surface area contributed by atoms with Crippen LogP contribution >= 0.6 is 0 Å². The summed E-state index contributed by atoms with van der Waals surface area (Å²) in [5.41, 5.74) is 2.87. The first-order chi connectivity index (χ1) is 9.81. The topological polar surface area (TPSA) is 29.9 Å². The van der Waals surface area contributed by atoms with Gasteiger partial charge in [0.25, 0.3) is 0 Å². The predicted molar refractivity (Wildman–Crippen MR) is 77.3 cm³/mol. The third kappa shape index (κ3) is 2.85. The van der Waals surface area contributed by atoms with Gasteiger partial charge in [-0.15, -0.1) is 0 Å². The Morgan fingerprint density at radius 1 is 1.05 bits per heavy atom. The van der Waals surface area contributed by atoms with Crippen LogP contribution in [0.1, 0.15) is 5.56 Å². The molecule has 1 aromatic heterocycles. The Kier molecular flexibility index (Phi) is 3.46. The van der Waals surface area contributed by atoms with E-state index in [-0.39, 0.29) is 5.82 Å². The molecule has 20 heavy (non-hydrogen) atoms. The summed E-state index contributed by atoms with van der Waals surface area (Å²) in [5, 5.41) is 7.48. The SMILES string of the molecule is Fc1cccc(CNc2cccc(-n3cccn3)c2)c1. The Hall–Kier alpha value is -2.62.